The summed E-state index contributed by atoms with van der Waals surface area (Å²) in [6.45, 7) is 1.48. The van der Waals surface area contributed by atoms with Crippen LogP contribution in [0.25, 0.3) is 0 Å². The molecule has 1 fully saturated rings. The lowest BCUT2D eigenvalue weighted by Crippen LogP contribution is -2.39. The molecule has 1 aliphatic heterocycles. The van der Waals surface area contributed by atoms with E-state index in [0.29, 0.717) is 6.54 Å². The van der Waals surface area contributed by atoms with Gasteiger partial charge in [-0.1, -0.05) is 12.5 Å². The van der Waals surface area contributed by atoms with Crippen molar-refractivity contribution in [2.75, 3.05) is 24.7 Å². The molecule has 1 atom stereocenters. The van der Waals surface area contributed by atoms with Crippen molar-refractivity contribution in [1.29, 1.82) is 0 Å². The quantitative estimate of drug-likeness (QED) is 0.632. The summed E-state index contributed by atoms with van der Waals surface area (Å²) in [6.07, 6.45) is 4.25. The van der Waals surface area contributed by atoms with Crippen molar-refractivity contribution in [3.05, 3.63) is 28.3 Å². The highest BCUT2D eigenvalue weighted by Crippen LogP contribution is 2.31. The zero-order valence-electron chi connectivity index (χ0n) is 11.8. The summed E-state index contributed by atoms with van der Waals surface area (Å²) in [4.78, 5) is 10.3. The Balaban J connectivity index is 2.24. The SMILES string of the molecule is CS(=O)(=O)c1cccc(NCC2CCCCN2)c1[N+](=O)[O-]. The Hall–Kier alpha value is -1.67. The first-order valence-corrected chi connectivity index (χ1v) is 8.73. The second-order valence-corrected chi connectivity index (χ2v) is 7.19. The maximum absolute atomic E-state index is 11.7. The standard InChI is InChI=1S/C13H19N3O4S/c1-21(19,20)12-7-4-6-11(13(12)16(17)18)15-9-10-5-2-3-8-14-10/h4,6-7,10,14-15H,2-3,5,8-9H2,1H3. The molecule has 8 heteroatoms. The van der Waals surface area contributed by atoms with E-state index < -0.39 is 14.8 Å². The number of benzene rings is 1. The van der Waals surface area contributed by atoms with E-state index >= 15 is 0 Å². The van der Waals surface area contributed by atoms with Crippen molar-refractivity contribution in [2.45, 2.75) is 30.2 Å². The van der Waals surface area contributed by atoms with Gasteiger partial charge >= 0.3 is 5.69 Å². The molecule has 0 spiro atoms. The van der Waals surface area contributed by atoms with Crippen molar-refractivity contribution in [3.8, 4) is 0 Å². The predicted octanol–water partition coefficient (Wildman–Crippen LogP) is 1.55. The summed E-state index contributed by atoms with van der Waals surface area (Å²) in [6, 6.07) is 4.56. The summed E-state index contributed by atoms with van der Waals surface area (Å²) in [5.74, 6) is 0. The number of nitro benzene ring substituents is 1. The number of nitro groups is 1. The van der Waals surface area contributed by atoms with Crippen LogP contribution in [0.2, 0.25) is 0 Å². The third-order valence-electron chi connectivity index (χ3n) is 3.53. The summed E-state index contributed by atoms with van der Waals surface area (Å²) in [5, 5.41) is 17.6. The molecule has 21 heavy (non-hydrogen) atoms. The smallest absolute Gasteiger partial charge is 0.310 e. The lowest BCUT2D eigenvalue weighted by atomic mass is 10.1. The van der Waals surface area contributed by atoms with Crippen molar-refractivity contribution in [3.63, 3.8) is 0 Å². The van der Waals surface area contributed by atoms with Gasteiger partial charge in [-0.15, -0.1) is 0 Å². The van der Waals surface area contributed by atoms with Crippen LogP contribution >= 0.6 is 0 Å². The first-order valence-electron chi connectivity index (χ1n) is 6.84. The highest BCUT2D eigenvalue weighted by molar-refractivity contribution is 7.90. The number of hydrogen-bond acceptors (Lipinski definition) is 6. The molecule has 116 valence electrons. The summed E-state index contributed by atoms with van der Waals surface area (Å²) < 4.78 is 23.3. The highest BCUT2D eigenvalue weighted by Gasteiger charge is 2.26. The predicted molar refractivity (Wildman–Crippen MR) is 80.3 cm³/mol. The maximum Gasteiger partial charge on any atom is 0.310 e. The first kappa shape index (κ1) is 15.7. The zero-order valence-corrected chi connectivity index (χ0v) is 12.6. The van der Waals surface area contributed by atoms with Gasteiger partial charge < -0.3 is 10.6 Å². The lowest BCUT2D eigenvalue weighted by Gasteiger charge is -2.24. The maximum atomic E-state index is 11.7. The molecule has 7 nitrogen and oxygen atoms in total. The number of piperidine rings is 1. The Morgan fingerprint density at radius 2 is 2.19 bits per heavy atom. The number of rotatable bonds is 5. The van der Waals surface area contributed by atoms with Gasteiger partial charge in [0, 0.05) is 18.8 Å². The molecule has 1 heterocycles. The minimum atomic E-state index is -3.64. The van der Waals surface area contributed by atoms with E-state index in [1.54, 1.807) is 0 Å². The van der Waals surface area contributed by atoms with E-state index in [9.17, 15) is 18.5 Å². The number of anilines is 1. The Bertz CT molecular complexity index is 624. The topological polar surface area (TPSA) is 101 Å². The summed E-state index contributed by atoms with van der Waals surface area (Å²) in [7, 11) is -3.64. The number of para-hydroxylation sites is 1. The van der Waals surface area contributed by atoms with Gasteiger partial charge in [0.05, 0.1) is 4.92 Å². The van der Waals surface area contributed by atoms with Crippen LogP contribution in [0.15, 0.2) is 23.1 Å². The van der Waals surface area contributed by atoms with E-state index in [1.807, 2.05) is 0 Å². The van der Waals surface area contributed by atoms with E-state index in [0.717, 1.165) is 32.1 Å². The molecule has 0 saturated carbocycles. The first-order chi connectivity index (χ1) is 9.89. The van der Waals surface area contributed by atoms with Crippen LogP contribution in [0.5, 0.6) is 0 Å². The van der Waals surface area contributed by atoms with Gasteiger partial charge in [-0.05, 0) is 31.5 Å². The van der Waals surface area contributed by atoms with Gasteiger partial charge in [0.15, 0.2) is 9.84 Å². The van der Waals surface area contributed by atoms with Gasteiger partial charge in [0.1, 0.15) is 10.6 Å². The number of hydrogen-bond donors (Lipinski definition) is 2. The monoisotopic (exact) mass is 313 g/mol. The van der Waals surface area contributed by atoms with Crippen molar-refractivity contribution in [1.82, 2.24) is 5.32 Å². The molecule has 1 aromatic rings. The average Bonchev–Trinajstić information content (AvgIpc) is 2.44. The molecule has 0 amide bonds. The molecule has 2 rings (SSSR count). The molecule has 2 N–H and O–H groups in total. The number of nitrogens with zero attached hydrogens (tertiary/aromatic N) is 1. The van der Waals surface area contributed by atoms with Gasteiger partial charge in [-0.25, -0.2) is 8.42 Å². The molecule has 0 bridgehead atoms. The van der Waals surface area contributed by atoms with Crippen molar-refractivity contribution >= 4 is 21.2 Å². The Kier molecular flexibility index (Phi) is 4.79. The zero-order chi connectivity index (χ0) is 15.5. The van der Waals surface area contributed by atoms with Crippen molar-refractivity contribution < 1.29 is 13.3 Å². The number of nitrogens with one attached hydrogen (secondary N) is 2. The lowest BCUT2D eigenvalue weighted by molar-refractivity contribution is -0.386. The van der Waals surface area contributed by atoms with E-state index in [2.05, 4.69) is 10.6 Å². The molecule has 1 unspecified atom stereocenters. The second-order valence-electron chi connectivity index (χ2n) is 5.21. The van der Waals surface area contributed by atoms with E-state index in [-0.39, 0.29) is 22.3 Å². The van der Waals surface area contributed by atoms with Crippen LogP contribution in [-0.4, -0.2) is 38.7 Å². The van der Waals surface area contributed by atoms with Gasteiger partial charge in [0.2, 0.25) is 0 Å². The number of sulfone groups is 1. The van der Waals surface area contributed by atoms with Crippen LogP contribution in [0.4, 0.5) is 11.4 Å². The van der Waals surface area contributed by atoms with Crippen molar-refractivity contribution in [2.24, 2.45) is 0 Å². The van der Waals surface area contributed by atoms with E-state index in [4.69, 9.17) is 0 Å². The molecular formula is C13H19N3O4S. The molecule has 0 radical (unpaired) electrons. The van der Waals surface area contributed by atoms with Crippen LogP contribution in [0, 0.1) is 10.1 Å². The Morgan fingerprint density at radius 1 is 1.43 bits per heavy atom. The van der Waals surface area contributed by atoms with Crippen LogP contribution < -0.4 is 10.6 Å². The van der Waals surface area contributed by atoms with Crippen LogP contribution in [0.1, 0.15) is 19.3 Å². The van der Waals surface area contributed by atoms with Crippen LogP contribution in [0.3, 0.4) is 0 Å². The molecule has 0 aromatic heterocycles. The second kappa shape index (κ2) is 6.40. The fourth-order valence-electron chi connectivity index (χ4n) is 2.48. The molecule has 1 saturated heterocycles. The third-order valence-corrected chi connectivity index (χ3v) is 4.66. The Morgan fingerprint density at radius 3 is 2.76 bits per heavy atom. The fourth-order valence-corrected chi connectivity index (χ4v) is 3.35. The van der Waals surface area contributed by atoms with Gasteiger partial charge in [-0.2, -0.15) is 0 Å². The largest absolute Gasteiger partial charge is 0.378 e. The molecule has 1 aromatic carbocycles. The van der Waals surface area contributed by atoms with E-state index in [1.165, 1.54) is 18.2 Å². The normalized spacial score (nSPS) is 19.2. The third kappa shape index (κ3) is 3.92. The minimum Gasteiger partial charge on any atom is -0.378 e. The van der Waals surface area contributed by atoms with Gasteiger partial charge in [0.25, 0.3) is 0 Å². The summed E-state index contributed by atoms with van der Waals surface area (Å²) in [5.41, 5.74) is -0.133. The van der Waals surface area contributed by atoms with Crippen LogP contribution in [-0.2, 0) is 9.84 Å². The fraction of sp³-hybridized carbons (Fsp3) is 0.538. The Labute approximate surface area is 123 Å². The molecule has 1 aliphatic rings. The summed E-state index contributed by atoms with van der Waals surface area (Å²) >= 11 is 0. The molecular weight excluding hydrogens is 294 g/mol. The minimum absolute atomic E-state index is 0.246. The average molecular weight is 313 g/mol. The highest BCUT2D eigenvalue weighted by atomic mass is 32.2. The molecule has 0 aliphatic carbocycles. The van der Waals surface area contributed by atoms with Gasteiger partial charge in [-0.3, -0.25) is 10.1 Å².